The summed E-state index contributed by atoms with van der Waals surface area (Å²) in [6.07, 6.45) is 0. The molecule has 0 aliphatic heterocycles. The largest absolute Gasteiger partial charge is 0.494 e. The molecule has 0 spiro atoms. The van der Waals surface area contributed by atoms with Gasteiger partial charge in [0, 0.05) is 22.5 Å². The highest BCUT2D eigenvalue weighted by molar-refractivity contribution is 6.22. The van der Waals surface area contributed by atoms with Gasteiger partial charge in [-0.15, -0.1) is 0 Å². The maximum Gasteiger partial charge on any atom is 0.337 e. The van der Waals surface area contributed by atoms with Gasteiger partial charge < -0.3 is 24.1 Å². The molecular weight excluding hydrogens is 444 g/mol. The van der Waals surface area contributed by atoms with Crippen LogP contribution in [0.4, 0.5) is 5.69 Å². The molecule has 0 amide bonds. The molecule has 176 valence electrons. The number of rotatable bonds is 6. The number of hydrogen-bond acceptors (Lipinski definition) is 7. The minimum absolute atomic E-state index is 0.0429. The average molecular weight is 469 g/mol. The maximum atomic E-state index is 12.0. The minimum Gasteiger partial charge on any atom is -0.494 e. The number of aromatic amines is 1. The van der Waals surface area contributed by atoms with Crippen molar-refractivity contribution in [3.05, 3.63) is 89.3 Å². The number of aromatic hydroxyl groups is 1. The van der Waals surface area contributed by atoms with Crippen LogP contribution >= 0.6 is 0 Å². The van der Waals surface area contributed by atoms with Crippen LogP contribution in [0.3, 0.4) is 0 Å². The number of H-pyrrole nitrogens is 1. The van der Waals surface area contributed by atoms with E-state index in [-0.39, 0.29) is 5.88 Å². The maximum absolute atomic E-state index is 12.0. The van der Waals surface area contributed by atoms with E-state index in [4.69, 9.17) is 14.1 Å². The lowest BCUT2D eigenvalue weighted by Crippen LogP contribution is -2.10. The summed E-state index contributed by atoms with van der Waals surface area (Å²) in [6, 6.07) is 20.3. The number of esters is 1. The van der Waals surface area contributed by atoms with Gasteiger partial charge in [0.2, 0.25) is 5.89 Å². The van der Waals surface area contributed by atoms with E-state index < -0.39 is 5.97 Å². The first-order valence-corrected chi connectivity index (χ1v) is 11.0. The molecule has 8 nitrogen and oxygen atoms in total. The first kappa shape index (κ1) is 22.4. The third kappa shape index (κ3) is 4.39. The van der Waals surface area contributed by atoms with Gasteiger partial charge in [0.1, 0.15) is 5.52 Å². The predicted octanol–water partition coefficient (Wildman–Crippen LogP) is 5.03. The molecule has 5 aromatic rings. The normalized spacial score (nSPS) is 12.1. The first-order valence-electron chi connectivity index (χ1n) is 11.0. The average Bonchev–Trinajstić information content (AvgIpc) is 3.40. The molecule has 3 aromatic carbocycles. The van der Waals surface area contributed by atoms with Crippen LogP contribution in [-0.2, 0) is 11.3 Å². The van der Waals surface area contributed by atoms with Crippen LogP contribution < -0.4 is 0 Å². The van der Waals surface area contributed by atoms with Crippen molar-refractivity contribution >= 4 is 39.4 Å². The quantitative estimate of drug-likeness (QED) is 0.268. The second-order valence-electron chi connectivity index (χ2n) is 8.42. The molecule has 5 rings (SSSR count). The Bertz CT molecular complexity index is 1560. The standard InChI is InChI=1S/C27H24N4O4/c1-31(2)15-23-29-20-12-10-18(14-22(20)35-23)28-25(16-7-5-4-6-8-16)24-19-11-9-17(27(33)34-3)13-21(19)30-26(24)32/h4-14,30,32H,15H2,1-3H3. The zero-order chi connectivity index (χ0) is 24.5. The fourth-order valence-corrected chi connectivity index (χ4v) is 4.03. The van der Waals surface area contributed by atoms with E-state index in [1.54, 1.807) is 18.2 Å². The van der Waals surface area contributed by atoms with Crippen molar-refractivity contribution in [1.82, 2.24) is 14.9 Å². The predicted molar refractivity (Wildman–Crippen MR) is 134 cm³/mol. The molecule has 0 radical (unpaired) electrons. The van der Waals surface area contributed by atoms with Crippen LogP contribution in [0.5, 0.6) is 5.88 Å². The van der Waals surface area contributed by atoms with Gasteiger partial charge in [-0.2, -0.15) is 0 Å². The van der Waals surface area contributed by atoms with Gasteiger partial charge >= 0.3 is 5.97 Å². The molecule has 2 N–H and O–H groups in total. The lowest BCUT2D eigenvalue weighted by atomic mass is 10.00. The zero-order valence-electron chi connectivity index (χ0n) is 19.6. The molecule has 0 saturated heterocycles. The molecule has 2 heterocycles. The van der Waals surface area contributed by atoms with E-state index in [1.807, 2.05) is 67.5 Å². The second-order valence-corrected chi connectivity index (χ2v) is 8.42. The Balaban J connectivity index is 1.66. The van der Waals surface area contributed by atoms with Crippen LogP contribution in [0.25, 0.3) is 22.0 Å². The van der Waals surface area contributed by atoms with E-state index in [1.165, 1.54) is 7.11 Å². The summed E-state index contributed by atoms with van der Waals surface area (Å²) in [6.45, 7) is 0.597. The fourth-order valence-electron chi connectivity index (χ4n) is 4.03. The Kier molecular flexibility index (Phi) is 5.80. The number of aromatic nitrogens is 2. The summed E-state index contributed by atoms with van der Waals surface area (Å²) in [4.78, 5) is 26.4. The van der Waals surface area contributed by atoms with Crippen LogP contribution in [0.2, 0.25) is 0 Å². The number of hydrogen-bond donors (Lipinski definition) is 2. The molecule has 8 heteroatoms. The number of benzene rings is 3. The molecule has 0 atom stereocenters. The van der Waals surface area contributed by atoms with Crippen LogP contribution in [0.1, 0.15) is 27.4 Å². The molecule has 0 aliphatic carbocycles. The van der Waals surface area contributed by atoms with Gasteiger partial charge in [-0.1, -0.05) is 36.4 Å². The Morgan fingerprint density at radius 3 is 2.63 bits per heavy atom. The lowest BCUT2D eigenvalue weighted by molar-refractivity contribution is 0.0601. The topological polar surface area (TPSA) is 104 Å². The summed E-state index contributed by atoms with van der Waals surface area (Å²) < 4.78 is 10.7. The van der Waals surface area contributed by atoms with Crippen LogP contribution in [0, 0.1) is 0 Å². The molecule has 0 aliphatic rings. The monoisotopic (exact) mass is 468 g/mol. The number of carbonyl (C=O) groups is 1. The Hall–Kier alpha value is -4.43. The van der Waals surface area contributed by atoms with Gasteiger partial charge in [0.05, 0.1) is 36.2 Å². The van der Waals surface area contributed by atoms with Gasteiger partial charge in [0.15, 0.2) is 11.5 Å². The van der Waals surface area contributed by atoms with Crippen molar-refractivity contribution in [2.45, 2.75) is 6.54 Å². The number of carbonyl (C=O) groups excluding carboxylic acids is 1. The van der Waals surface area contributed by atoms with E-state index in [0.717, 1.165) is 16.5 Å². The number of oxazole rings is 1. The van der Waals surface area contributed by atoms with E-state index >= 15 is 0 Å². The summed E-state index contributed by atoms with van der Waals surface area (Å²) in [5, 5.41) is 11.6. The zero-order valence-corrected chi connectivity index (χ0v) is 19.6. The molecular formula is C27H24N4O4. The van der Waals surface area contributed by atoms with Crippen molar-refractivity contribution in [1.29, 1.82) is 0 Å². The van der Waals surface area contributed by atoms with Gasteiger partial charge in [-0.3, -0.25) is 0 Å². The molecule has 2 aromatic heterocycles. The highest BCUT2D eigenvalue weighted by atomic mass is 16.5. The molecule has 35 heavy (non-hydrogen) atoms. The summed E-state index contributed by atoms with van der Waals surface area (Å²) in [5.74, 6) is 0.136. The smallest absolute Gasteiger partial charge is 0.337 e. The van der Waals surface area contributed by atoms with Crippen molar-refractivity contribution < 1.29 is 19.1 Å². The number of methoxy groups -OCH3 is 1. The van der Waals surface area contributed by atoms with E-state index in [0.29, 0.717) is 46.1 Å². The number of nitrogens with one attached hydrogen (secondary N) is 1. The second kappa shape index (κ2) is 9.08. The van der Waals surface area contributed by atoms with Crippen molar-refractivity contribution in [3.8, 4) is 5.88 Å². The van der Waals surface area contributed by atoms with Crippen molar-refractivity contribution in [2.75, 3.05) is 21.2 Å². The highest BCUT2D eigenvalue weighted by Crippen LogP contribution is 2.33. The number of aliphatic imine (C=N–C) groups is 1. The summed E-state index contributed by atoms with van der Waals surface area (Å²) in [5.41, 5.74) is 4.98. The Morgan fingerprint density at radius 1 is 1.09 bits per heavy atom. The third-order valence-electron chi connectivity index (χ3n) is 5.59. The van der Waals surface area contributed by atoms with Crippen molar-refractivity contribution in [2.24, 2.45) is 4.99 Å². The molecule has 0 unspecified atom stereocenters. The summed E-state index contributed by atoms with van der Waals surface area (Å²) >= 11 is 0. The van der Waals surface area contributed by atoms with Gasteiger partial charge in [-0.05, 0) is 38.4 Å². The molecule has 0 fully saturated rings. The third-order valence-corrected chi connectivity index (χ3v) is 5.59. The van der Waals surface area contributed by atoms with E-state index in [2.05, 4.69) is 9.97 Å². The van der Waals surface area contributed by atoms with Crippen LogP contribution in [0.15, 0.2) is 76.1 Å². The SMILES string of the molecule is COC(=O)c1ccc2c(C(=Nc3ccc4nc(CN(C)C)oc4c3)c3ccccc3)c(O)[nH]c2c1. The lowest BCUT2D eigenvalue weighted by Gasteiger charge is -2.08. The number of nitrogens with zero attached hydrogens (tertiary/aromatic N) is 3. The van der Waals surface area contributed by atoms with Gasteiger partial charge in [-0.25, -0.2) is 14.8 Å². The van der Waals surface area contributed by atoms with Crippen LogP contribution in [-0.4, -0.2) is 52.9 Å². The number of fused-ring (bicyclic) bond motifs is 2. The minimum atomic E-state index is -0.450. The molecule has 0 bridgehead atoms. The summed E-state index contributed by atoms with van der Waals surface area (Å²) in [7, 11) is 5.25. The van der Waals surface area contributed by atoms with Crippen molar-refractivity contribution in [3.63, 3.8) is 0 Å². The Labute approximate surface area is 201 Å². The number of ether oxygens (including phenoxy) is 1. The fraction of sp³-hybridized carbons (Fsp3) is 0.148. The van der Waals surface area contributed by atoms with E-state index in [9.17, 15) is 9.90 Å². The highest BCUT2D eigenvalue weighted by Gasteiger charge is 2.20. The molecule has 0 saturated carbocycles. The Morgan fingerprint density at radius 2 is 1.89 bits per heavy atom. The van der Waals surface area contributed by atoms with Gasteiger partial charge in [0.25, 0.3) is 0 Å². The first-order chi connectivity index (χ1) is 16.9.